The number of likely N-dealkylation sites (tertiary alicyclic amines) is 1. The van der Waals surface area contributed by atoms with E-state index in [1.54, 1.807) is 0 Å². The number of nitrogens with zero attached hydrogens (tertiary/aromatic N) is 1. The van der Waals surface area contributed by atoms with Gasteiger partial charge in [-0.05, 0) is 30.2 Å². The minimum atomic E-state index is -0.884. The van der Waals surface area contributed by atoms with E-state index >= 15 is 0 Å². The number of amides is 1. The maximum absolute atomic E-state index is 10.6. The van der Waals surface area contributed by atoms with Crippen molar-refractivity contribution in [1.29, 1.82) is 0 Å². The standard InChI is InChI=1S/C12H16N2O3/c1-8-2-3-10(13)4-9(8)7-17-11-5-14(6-11)12(15)16/h2-4,11H,5-7,13H2,1H3,(H,15,16). The van der Waals surface area contributed by atoms with Gasteiger partial charge in [0.25, 0.3) is 0 Å². The first-order chi connectivity index (χ1) is 8.06. The Labute approximate surface area is 99.8 Å². The summed E-state index contributed by atoms with van der Waals surface area (Å²) < 4.78 is 5.62. The van der Waals surface area contributed by atoms with E-state index in [2.05, 4.69) is 0 Å². The van der Waals surface area contributed by atoms with Crippen molar-refractivity contribution in [2.75, 3.05) is 18.8 Å². The van der Waals surface area contributed by atoms with Gasteiger partial charge < -0.3 is 20.5 Å². The smallest absolute Gasteiger partial charge is 0.407 e. The molecule has 17 heavy (non-hydrogen) atoms. The van der Waals surface area contributed by atoms with Crippen molar-refractivity contribution in [3.05, 3.63) is 29.3 Å². The van der Waals surface area contributed by atoms with Crippen LogP contribution < -0.4 is 5.73 Å². The summed E-state index contributed by atoms with van der Waals surface area (Å²) in [7, 11) is 0. The first kappa shape index (κ1) is 11.7. The molecule has 0 atom stereocenters. The largest absolute Gasteiger partial charge is 0.465 e. The lowest BCUT2D eigenvalue weighted by molar-refractivity contribution is -0.0523. The fourth-order valence-electron chi connectivity index (χ4n) is 1.75. The van der Waals surface area contributed by atoms with Gasteiger partial charge in [-0.2, -0.15) is 0 Å². The Morgan fingerprint density at radius 3 is 2.94 bits per heavy atom. The van der Waals surface area contributed by atoms with E-state index in [4.69, 9.17) is 15.6 Å². The quantitative estimate of drug-likeness (QED) is 0.779. The highest BCUT2D eigenvalue weighted by Crippen LogP contribution is 2.17. The van der Waals surface area contributed by atoms with Crippen LogP contribution in [-0.4, -0.2) is 35.3 Å². The summed E-state index contributed by atoms with van der Waals surface area (Å²) in [5.41, 5.74) is 8.61. The molecular weight excluding hydrogens is 220 g/mol. The molecule has 0 aromatic heterocycles. The van der Waals surface area contributed by atoms with E-state index in [1.165, 1.54) is 4.90 Å². The molecule has 0 spiro atoms. The second-order valence-corrected chi connectivity index (χ2v) is 4.31. The summed E-state index contributed by atoms with van der Waals surface area (Å²) in [6.45, 7) is 3.39. The minimum Gasteiger partial charge on any atom is -0.465 e. The zero-order valence-corrected chi connectivity index (χ0v) is 9.72. The molecule has 1 saturated heterocycles. The number of aryl methyl sites for hydroxylation is 1. The summed E-state index contributed by atoms with van der Waals surface area (Å²) in [6, 6.07) is 5.70. The summed E-state index contributed by atoms with van der Waals surface area (Å²) in [5.74, 6) is 0. The molecule has 0 aliphatic carbocycles. The van der Waals surface area contributed by atoms with E-state index in [-0.39, 0.29) is 6.10 Å². The van der Waals surface area contributed by atoms with Gasteiger partial charge in [-0.15, -0.1) is 0 Å². The summed E-state index contributed by atoms with van der Waals surface area (Å²) in [6.07, 6.45) is -0.878. The van der Waals surface area contributed by atoms with Crippen molar-refractivity contribution >= 4 is 11.8 Å². The molecular formula is C12H16N2O3. The Morgan fingerprint density at radius 2 is 2.29 bits per heavy atom. The third kappa shape index (κ3) is 2.68. The van der Waals surface area contributed by atoms with Gasteiger partial charge in [-0.25, -0.2) is 4.79 Å². The monoisotopic (exact) mass is 236 g/mol. The third-order valence-electron chi connectivity index (χ3n) is 2.97. The van der Waals surface area contributed by atoms with Gasteiger partial charge in [-0.1, -0.05) is 6.07 Å². The van der Waals surface area contributed by atoms with Crippen molar-refractivity contribution in [3.63, 3.8) is 0 Å². The number of anilines is 1. The van der Waals surface area contributed by atoms with Crippen LogP contribution >= 0.6 is 0 Å². The van der Waals surface area contributed by atoms with Gasteiger partial charge in [0.15, 0.2) is 0 Å². The molecule has 1 fully saturated rings. The van der Waals surface area contributed by atoms with Gasteiger partial charge in [0, 0.05) is 5.69 Å². The molecule has 1 heterocycles. The number of nitrogen functional groups attached to an aromatic ring is 1. The molecule has 3 N–H and O–H groups in total. The van der Waals surface area contributed by atoms with E-state index in [0.717, 1.165) is 16.8 Å². The van der Waals surface area contributed by atoms with Gasteiger partial charge >= 0.3 is 6.09 Å². The van der Waals surface area contributed by atoms with E-state index in [1.807, 2.05) is 25.1 Å². The van der Waals surface area contributed by atoms with E-state index < -0.39 is 6.09 Å². The molecule has 0 bridgehead atoms. The Morgan fingerprint density at radius 1 is 1.59 bits per heavy atom. The first-order valence-corrected chi connectivity index (χ1v) is 5.50. The highest BCUT2D eigenvalue weighted by Gasteiger charge is 2.30. The fourth-order valence-corrected chi connectivity index (χ4v) is 1.75. The summed E-state index contributed by atoms with van der Waals surface area (Å²) in [5, 5.41) is 8.67. The first-order valence-electron chi connectivity index (χ1n) is 5.50. The summed E-state index contributed by atoms with van der Waals surface area (Å²) in [4.78, 5) is 11.9. The van der Waals surface area contributed by atoms with Crippen molar-refractivity contribution in [2.24, 2.45) is 0 Å². The van der Waals surface area contributed by atoms with E-state index in [0.29, 0.717) is 19.7 Å². The number of hydrogen-bond acceptors (Lipinski definition) is 3. The molecule has 5 nitrogen and oxygen atoms in total. The molecule has 0 saturated carbocycles. The lowest BCUT2D eigenvalue weighted by atomic mass is 10.1. The van der Waals surface area contributed by atoms with Crippen LogP contribution in [0.5, 0.6) is 0 Å². The second kappa shape index (κ2) is 4.63. The Hall–Kier alpha value is -1.75. The Kier molecular flexibility index (Phi) is 3.19. The molecule has 1 amide bonds. The lowest BCUT2D eigenvalue weighted by Crippen LogP contribution is -2.54. The predicted molar refractivity (Wildman–Crippen MR) is 63.8 cm³/mol. The number of rotatable bonds is 3. The summed E-state index contributed by atoms with van der Waals surface area (Å²) >= 11 is 0. The van der Waals surface area contributed by atoms with Crippen LogP contribution in [-0.2, 0) is 11.3 Å². The van der Waals surface area contributed by atoms with Crippen LogP contribution in [0.25, 0.3) is 0 Å². The van der Waals surface area contributed by atoms with Crippen LogP contribution in [0.15, 0.2) is 18.2 Å². The number of benzene rings is 1. The van der Waals surface area contributed by atoms with Gasteiger partial charge in [0.05, 0.1) is 25.8 Å². The second-order valence-electron chi connectivity index (χ2n) is 4.31. The SMILES string of the molecule is Cc1ccc(N)cc1COC1CN(C(=O)O)C1. The van der Waals surface area contributed by atoms with Crippen LogP contribution in [0.1, 0.15) is 11.1 Å². The molecule has 92 valence electrons. The van der Waals surface area contributed by atoms with Crippen molar-refractivity contribution in [1.82, 2.24) is 4.90 Å². The van der Waals surface area contributed by atoms with Crippen LogP contribution in [0.3, 0.4) is 0 Å². The molecule has 2 rings (SSSR count). The van der Waals surface area contributed by atoms with Crippen molar-refractivity contribution in [2.45, 2.75) is 19.6 Å². The predicted octanol–water partition coefficient (Wildman–Crippen LogP) is 1.46. The van der Waals surface area contributed by atoms with Crippen LogP contribution in [0, 0.1) is 6.92 Å². The Bertz CT molecular complexity index is 428. The molecule has 0 unspecified atom stereocenters. The van der Waals surface area contributed by atoms with Crippen molar-refractivity contribution in [3.8, 4) is 0 Å². The zero-order valence-electron chi connectivity index (χ0n) is 9.72. The van der Waals surface area contributed by atoms with Gasteiger partial charge in [-0.3, -0.25) is 0 Å². The fraction of sp³-hybridized carbons (Fsp3) is 0.417. The van der Waals surface area contributed by atoms with Crippen LogP contribution in [0.4, 0.5) is 10.5 Å². The average molecular weight is 236 g/mol. The maximum Gasteiger partial charge on any atom is 0.407 e. The minimum absolute atomic E-state index is 0.00642. The van der Waals surface area contributed by atoms with Gasteiger partial charge in [0.2, 0.25) is 0 Å². The highest BCUT2D eigenvalue weighted by atomic mass is 16.5. The van der Waals surface area contributed by atoms with E-state index in [9.17, 15) is 4.79 Å². The molecule has 5 heteroatoms. The van der Waals surface area contributed by atoms with Gasteiger partial charge in [0.1, 0.15) is 0 Å². The molecule has 1 aromatic rings. The van der Waals surface area contributed by atoms with Crippen LogP contribution in [0.2, 0.25) is 0 Å². The average Bonchev–Trinajstić information content (AvgIpc) is 2.20. The normalized spacial score (nSPS) is 15.7. The molecule has 0 radical (unpaired) electrons. The molecule has 1 aliphatic heterocycles. The third-order valence-corrected chi connectivity index (χ3v) is 2.97. The highest BCUT2D eigenvalue weighted by molar-refractivity contribution is 5.66. The lowest BCUT2D eigenvalue weighted by Gasteiger charge is -2.36. The number of carboxylic acid groups (broad SMARTS) is 1. The number of nitrogens with two attached hydrogens (primary N) is 1. The van der Waals surface area contributed by atoms with Crippen molar-refractivity contribution < 1.29 is 14.6 Å². The number of carbonyl (C=O) groups is 1. The number of ether oxygens (including phenoxy) is 1. The topological polar surface area (TPSA) is 75.8 Å². The number of hydrogen-bond donors (Lipinski definition) is 2. The Balaban J connectivity index is 1.83. The maximum atomic E-state index is 10.6. The zero-order chi connectivity index (χ0) is 12.4. The molecule has 1 aromatic carbocycles. The molecule has 1 aliphatic rings.